The Bertz CT molecular complexity index is 825. The number of fused-ring (bicyclic) bond motifs is 1. The van der Waals surface area contributed by atoms with Gasteiger partial charge in [-0.3, -0.25) is 0 Å². The maximum Gasteiger partial charge on any atom is 0.337 e. The summed E-state index contributed by atoms with van der Waals surface area (Å²) in [5.41, 5.74) is 4.04. The molecule has 3 rings (SSSR count). The van der Waals surface area contributed by atoms with Crippen molar-refractivity contribution in [1.82, 2.24) is 5.32 Å². The zero-order valence-corrected chi connectivity index (χ0v) is 16.5. The predicted octanol–water partition coefficient (Wildman–Crippen LogP) is 3.60. The minimum Gasteiger partial charge on any atom is -0.465 e. The van der Waals surface area contributed by atoms with E-state index in [1.54, 1.807) is 18.2 Å². The third-order valence-electron chi connectivity index (χ3n) is 4.75. The number of ether oxygens (including phenoxy) is 1. The summed E-state index contributed by atoms with van der Waals surface area (Å²) in [6.45, 7) is 4.05. The molecular weight excluding hydrogens is 358 g/mol. The minimum atomic E-state index is -0.363. The van der Waals surface area contributed by atoms with Gasteiger partial charge in [-0.05, 0) is 61.8 Å². The highest BCUT2D eigenvalue weighted by atomic mass is 32.1. The van der Waals surface area contributed by atoms with Gasteiger partial charge in [-0.1, -0.05) is 24.3 Å². The molecule has 0 saturated carbocycles. The van der Waals surface area contributed by atoms with Crippen molar-refractivity contribution < 1.29 is 9.53 Å². The molecule has 0 fully saturated rings. The van der Waals surface area contributed by atoms with E-state index in [0.717, 1.165) is 31.6 Å². The normalized spacial score (nSPS) is 15.2. The van der Waals surface area contributed by atoms with Crippen LogP contribution < -0.4 is 15.5 Å². The van der Waals surface area contributed by atoms with Crippen molar-refractivity contribution in [2.24, 2.45) is 0 Å². The molecule has 0 unspecified atom stereocenters. The van der Waals surface area contributed by atoms with Crippen LogP contribution in [0, 0.1) is 0 Å². The van der Waals surface area contributed by atoms with Crippen molar-refractivity contribution in [3.63, 3.8) is 0 Å². The zero-order chi connectivity index (χ0) is 19.2. The lowest BCUT2D eigenvalue weighted by Crippen LogP contribution is -2.34. The predicted molar refractivity (Wildman–Crippen MR) is 114 cm³/mol. The van der Waals surface area contributed by atoms with Crippen molar-refractivity contribution in [3.8, 4) is 0 Å². The molecule has 1 aliphatic heterocycles. The van der Waals surface area contributed by atoms with Crippen molar-refractivity contribution in [2.75, 3.05) is 30.4 Å². The van der Waals surface area contributed by atoms with Crippen LogP contribution >= 0.6 is 12.2 Å². The van der Waals surface area contributed by atoms with E-state index in [9.17, 15) is 4.79 Å². The largest absolute Gasteiger partial charge is 0.465 e. The van der Waals surface area contributed by atoms with Crippen molar-refractivity contribution in [2.45, 2.75) is 25.8 Å². The lowest BCUT2D eigenvalue weighted by molar-refractivity contribution is 0.0601. The van der Waals surface area contributed by atoms with Crippen LogP contribution in [0.2, 0.25) is 0 Å². The molecular formula is C21H25N3O2S. The Balaban J connectivity index is 1.45. The van der Waals surface area contributed by atoms with E-state index in [1.165, 1.54) is 18.4 Å². The van der Waals surface area contributed by atoms with Crippen LogP contribution in [0.15, 0.2) is 48.5 Å². The fourth-order valence-corrected chi connectivity index (χ4v) is 3.66. The monoisotopic (exact) mass is 383 g/mol. The Morgan fingerprint density at radius 2 is 2.07 bits per heavy atom. The van der Waals surface area contributed by atoms with Crippen molar-refractivity contribution >= 4 is 34.7 Å². The lowest BCUT2D eigenvalue weighted by atomic mass is 10.1. The summed E-state index contributed by atoms with van der Waals surface area (Å²) in [5.74, 6) is -0.363. The Labute approximate surface area is 165 Å². The van der Waals surface area contributed by atoms with Crippen LogP contribution in [-0.4, -0.2) is 37.3 Å². The number of methoxy groups -OCH3 is 1. The molecule has 1 atom stereocenters. The maximum atomic E-state index is 11.6. The van der Waals surface area contributed by atoms with E-state index in [2.05, 4.69) is 46.7 Å². The summed E-state index contributed by atoms with van der Waals surface area (Å²) in [6.07, 6.45) is 2.10. The number of benzene rings is 2. The minimum absolute atomic E-state index is 0.363. The molecule has 0 bridgehead atoms. The zero-order valence-electron chi connectivity index (χ0n) is 15.7. The fraction of sp³-hybridized carbons (Fsp3) is 0.333. The first kappa shape index (κ1) is 19.2. The van der Waals surface area contributed by atoms with E-state index in [0.29, 0.717) is 16.7 Å². The molecule has 2 aromatic rings. The SMILES string of the molecule is COC(=O)c1cccc(NC(=S)NCCCN2c3ccccc3C[C@@H]2C)c1. The number of hydrogen-bond acceptors (Lipinski definition) is 4. The van der Waals surface area contributed by atoms with Gasteiger partial charge in [-0.2, -0.15) is 0 Å². The second kappa shape index (κ2) is 8.86. The van der Waals surface area contributed by atoms with Crippen LogP contribution in [0.1, 0.15) is 29.3 Å². The van der Waals surface area contributed by atoms with Gasteiger partial charge in [0.1, 0.15) is 0 Å². The number of anilines is 2. The second-order valence-electron chi connectivity index (χ2n) is 6.68. The number of thiocarbonyl (C=S) groups is 1. The standard InChI is InChI=1S/C21H25N3O2S/c1-15-13-16-7-3-4-10-19(16)24(15)12-6-11-22-21(27)23-18-9-5-8-17(14-18)20(25)26-2/h3-5,7-10,14-15H,6,11-13H2,1-2H3,(H2,22,23,27)/t15-/m0/s1. The number of nitrogens with zero attached hydrogens (tertiary/aromatic N) is 1. The molecule has 0 aromatic heterocycles. The summed E-state index contributed by atoms with van der Waals surface area (Å²) < 4.78 is 4.74. The maximum absolute atomic E-state index is 11.6. The highest BCUT2D eigenvalue weighted by Gasteiger charge is 2.24. The Hall–Kier alpha value is -2.60. The summed E-state index contributed by atoms with van der Waals surface area (Å²) in [5, 5.41) is 6.90. The third-order valence-corrected chi connectivity index (χ3v) is 5.00. The molecule has 0 spiro atoms. The van der Waals surface area contributed by atoms with E-state index in [4.69, 9.17) is 17.0 Å². The van der Waals surface area contributed by atoms with E-state index in [-0.39, 0.29) is 5.97 Å². The number of hydrogen-bond donors (Lipinski definition) is 2. The number of carbonyl (C=O) groups is 1. The molecule has 0 radical (unpaired) electrons. The molecule has 2 N–H and O–H groups in total. The third kappa shape index (κ3) is 4.77. The number of nitrogens with one attached hydrogen (secondary N) is 2. The van der Waals surface area contributed by atoms with Crippen LogP contribution in [0.3, 0.4) is 0 Å². The van der Waals surface area contributed by atoms with Gasteiger partial charge in [0.15, 0.2) is 5.11 Å². The highest BCUT2D eigenvalue weighted by molar-refractivity contribution is 7.80. The summed E-state index contributed by atoms with van der Waals surface area (Å²) in [4.78, 5) is 14.1. The molecule has 1 heterocycles. The van der Waals surface area contributed by atoms with Gasteiger partial charge in [-0.15, -0.1) is 0 Å². The molecule has 0 saturated heterocycles. The first-order valence-electron chi connectivity index (χ1n) is 9.16. The van der Waals surface area contributed by atoms with Gasteiger partial charge in [0, 0.05) is 30.5 Å². The van der Waals surface area contributed by atoms with E-state index in [1.807, 2.05) is 6.07 Å². The van der Waals surface area contributed by atoms with Gasteiger partial charge in [0.2, 0.25) is 0 Å². The molecule has 27 heavy (non-hydrogen) atoms. The number of esters is 1. The topological polar surface area (TPSA) is 53.6 Å². The molecule has 142 valence electrons. The number of carbonyl (C=O) groups excluding carboxylic acids is 1. The lowest BCUT2D eigenvalue weighted by Gasteiger charge is -2.25. The Kier molecular flexibility index (Phi) is 6.29. The van der Waals surface area contributed by atoms with Crippen molar-refractivity contribution in [1.29, 1.82) is 0 Å². The Morgan fingerprint density at radius 3 is 2.89 bits per heavy atom. The average Bonchev–Trinajstić information content (AvgIpc) is 3.00. The molecule has 2 aromatic carbocycles. The molecule has 5 nitrogen and oxygen atoms in total. The van der Waals surface area contributed by atoms with Crippen LogP contribution in [0.5, 0.6) is 0 Å². The summed E-state index contributed by atoms with van der Waals surface area (Å²) in [6, 6.07) is 16.3. The molecule has 1 aliphatic rings. The summed E-state index contributed by atoms with van der Waals surface area (Å²) in [7, 11) is 1.37. The highest BCUT2D eigenvalue weighted by Crippen LogP contribution is 2.31. The second-order valence-corrected chi connectivity index (χ2v) is 7.09. The van der Waals surface area contributed by atoms with Crippen molar-refractivity contribution in [3.05, 3.63) is 59.7 Å². The fourth-order valence-electron chi connectivity index (χ4n) is 3.44. The molecule has 0 amide bonds. The average molecular weight is 384 g/mol. The smallest absolute Gasteiger partial charge is 0.337 e. The molecule has 0 aliphatic carbocycles. The number of rotatable bonds is 6. The van der Waals surface area contributed by atoms with Crippen LogP contribution in [-0.2, 0) is 11.2 Å². The quantitative estimate of drug-likeness (QED) is 0.452. The van der Waals surface area contributed by atoms with Gasteiger partial charge >= 0.3 is 5.97 Å². The number of para-hydroxylation sites is 1. The van der Waals surface area contributed by atoms with Gasteiger partial charge < -0.3 is 20.3 Å². The first-order chi connectivity index (χ1) is 13.1. The van der Waals surface area contributed by atoms with E-state index >= 15 is 0 Å². The van der Waals surface area contributed by atoms with E-state index < -0.39 is 0 Å². The van der Waals surface area contributed by atoms with Gasteiger partial charge in [-0.25, -0.2) is 4.79 Å². The first-order valence-corrected chi connectivity index (χ1v) is 9.57. The molecule has 6 heteroatoms. The van der Waals surface area contributed by atoms with Gasteiger partial charge in [0.25, 0.3) is 0 Å². The van der Waals surface area contributed by atoms with Gasteiger partial charge in [0.05, 0.1) is 12.7 Å². The Morgan fingerprint density at radius 1 is 1.26 bits per heavy atom. The summed E-state index contributed by atoms with van der Waals surface area (Å²) >= 11 is 5.36. The van der Waals surface area contributed by atoms with Crippen LogP contribution in [0.25, 0.3) is 0 Å². The van der Waals surface area contributed by atoms with Crippen LogP contribution in [0.4, 0.5) is 11.4 Å².